The van der Waals surface area contributed by atoms with Gasteiger partial charge in [-0.05, 0) is 48.7 Å². The molecule has 6 nitrogen and oxygen atoms in total. The number of allylic oxidation sites excluding steroid dienone is 1. The van der Waals surface area contributed by atoms with Gasteiger partial charge in [-0.25, -0.2) is 0 Å². The van der Waals surface area contributed by atoms with Gasteiger partial charge in [-0.2, -0.15) is 0 Å². The molecule has 0 bridgehead atoms. The van der Waals surface area contributed by atoms with Crippen molar-refractivity contribution in [3.63, 3.8) is 0 Å². The molecule has 1 N–H and O–H groups in total. The van der Waals surface area contributed by atoms with Crippen molar-refractivity contribution in [2.24, 2.45) is 0 Å². The van der Waals surface area contributed by atoms with Gasteiger partial charge in [0.2, 0.25) is 5.91 Å². The second kappa shape index (κ2) is 8.76. The predicted molar refractivity (Wildman–Crippen MR) is 131 cm³/mol. The van der Waals surface area contributed by atoms with Gasteiger partial charge in [-0.3, -0.25) is 9.80 Å². The second-order valence-electron chi connectivity index (χ2n) is 8.83. The first-order valence-corrected chi connectivity index (χ1v) is 11.8. The van der Waals surface area contributed by atoms with Gasteiger partial charge in [0.1, 0.15) is 11.9 Å². The molecule has 1 atom stereocenters. The third kappa shape index (κ3) is 4.21. The van der Waals surface area contributed by atoms with E-state index in [9.17, 15) is 4.79 Å². The first kappa shape index (κ1) is 21.9. The fourth-order valence-electron chi connectivity index (χ4n) is 4.99. The summed E-state index contributed by atoms with van der Waals surface area (Å²) < 4.78 is 6.52. The number of halogens is 1. The fourth-order valence-corrected chi connectivity index (χ4v) is 5.17. The van der Waals surface area contributed by atoms with Crippen molar-refractivity contribution in [2.75, 3.05) is 26.7 Å². The SMILES string of the molecule is CC(=O)N1CC=C(c2ccc3c(c2)C(Oc2cccc(Cl)c2)CCN2C3=C(C)NN2C)CC1. The molecule has 3 heterocycles. The van der Waals surface area contributed by atoms with Gasteiger partial charge in [0.25, 0.3) is 0 Å². The van der Waals surface area contributed by atoms with Crippen LogP contribution < -0.4 is 10.2 Å². The molecule has 3 aliphatic heterocycles. The lowest BCUT2D eigenvalue weighted by atomic mass is 9.91. The van der Waals surface area contributed by atoms with E-state index >= 15 is 0 Å². The number of fused-ring (bicyclic) bond motifs is 3. The van der Waals surface area contributed by atoms with E-state index < -0.39 is 0 Å². The molecule has 0 spiro atoms. The molecule has 172 valence electrons. The minimum atomic E-state index is -0.101. The van der Waals surface area contributed by atoms with Gasteiger partial charge < -0.3 is 15.1 Å². The summed E-state index contributed by atoms with van der Waals surface area (Å²) in [6.45, 7) is 6.00. The molecule has 7 heteroatoms. The lowest BCUT2D eigenvalue weighted by Gasteiger charge is -2.27. The van der Waals surface area contributed by atoms with Gasteiger partial charge >= 0.3 is 0 Å². The Hall–Kier alpha value is -2.96. The van der Waals surface area contributed by atoms with Crippen LogP contribution in [0, 0.1) is 0 Å². The number of hydrazine groups is 2. The summed E-state index contributed by atoms with van der Waals surface area (Å²) in [7, 11) is 2.04. The highest BCUT2D eigenvalue weighted by Gasteiger charge is 2.34. The van der Waals surface area contributed by atoms with Gasteiger partial charge in [0.15, 0.2) is 0 Å². The maximum atomic E-state index is 11.7. The number of ether oxygens (including phenoxy) is 1. The molecule has 2 aromatic rings. The van der Waals surface area contributed by atoms with E-state index in [1.54, 1.807) is 6.92 Å². The van der Waals surface area contributed by atoms with E-state index in [2.05, 4.69) is 41.6 Å². The van der Waals surface area contributed by atoms with Crippen LogP contribution in [-0.4, -0.2) is 47.6 Å². The number of benzene rings is 2. The summed E-state index contributed by atoms with van der Waals surface area (Å²) in [5, 5.41) is 4.99. The van der Waals surface area contributed by atoms with Crippen LogP contribution in [0.15, 0.2) is 54.2 Å². The summed E-state index contributed by atoms with van der Waals surface area (Å²) in [4.78, 5) is 13.6. The number of carbonyl (C=O) groups excluding carboxylic acids is 1. The van der Waals surface area contributed by atoms with Crippen molar-refractivity contribution >= 4 is 28.8 Å². The number of carbonyl (C=O) groups is 1. The molecule has 1 unspecified atom stereocenters. The van der Waals surface area contributed by atoms with E-state index in [-0.39, 0.29) is 12.0 Å². The second-order valence-corrected chi connectivity index (χ2v) is 9.27. The topological polar surface area (TPSA) is 48.1 Å². The van der Waals surface area contributed by atoms with Crippen LogP contribution in [0.5, 0.6) is 5.75 Å². The zero-order chi connectivity index (χ0) is 23.1. The molecule has 1 amide bonds. The highest BCUT2D eigenvalue weighted by molar-refractivity contribution is 6.30. The van der Waals surface area contributed by atoms with Crippen LogP contribution >= 0.6 is 11.6 Å². The summed E-state index contributed by atoms with van der Waals surface area (Å²) in [6.07, 6.45) is 3.77. The Balaban J connectivity index is 1.55. The maximum Gasteiger partial charge on any atom is 0.219 e. The van der Waals surface area contributed by atoms with Gasteiger partial charge in [0, 0.05) is 56.2 Å². The Morgan fingerprint density at radius 2 is 2.03 bits per heavy atom. The van der Waals surface area contributed by atoms with E-state index in [0.29, 0.717) is 11.6 Å². The quantitative estimate of drug-likeness (QED) is 0.703. The molecule has 0 radical (unpaired) electrons. The van der Waals surface area contributed by atoms with E-state index in [4.69, 9.17) is 16.3 Å². The third-order valence-corrected chi connectivity index (χ3v) is 6.90. The van der Waals surface area contributed by atoms with Crippen LogP contribution in [0.25, 0.3) is 11.3 Å². The Morgan fingerprint density at radius 3 is 2.76 bits per heavy atom. The molecular formula is C26H29ClN4O2. The minimum absolute atomic E-state index is 0.101. The molecule has 0 aromatic heterocycles. The summed E-state index contributed by atoms with van der Waals surface area (Å²) in [6, 6.07) is 14.3. The Bertz CT molecular complexity index is 1160. The third-order valence-electron chi connectivity index (χ3n) is 6.66. The van der Waals surface area contributed by atoms with Crippen molar-refractivity contribution in [3.05, 3.63) is 76.0 Å². The summed E-state index contributed by atoms with van der Waals surface area (Å²) in [5.41, 5.74) is 10.6. The van der Waals surface area contributed by atoms with E-state index in [1.807, 2.05) is 41.3 Å². The van der Waals surface area contributed by atoms with Crippen LogP contribution in [-0.2, 0) is 4.79 Å². The van der Waals surface area contributed by atoms with Crippen molar-refractivity contribution < 1.29 is 9.53 Å². The van der Waals surface area contributed by atoms with Crippen molar-refractivity contribution in [1.82, 2.24) is 20.5 Å². The average molecular weight is 465 g/mol. The monoisotopic (exact) mass is 464 g/mol. The van der Waals surface area contributed by atoms with Crippen molar-refractivity contribution in [1.29, 1.82) is 0 Å². The lowest BCUT2D eigenvalue weighted by Crippen LogP contribution is -2.40. The zero-order valence-electron chi connectivity index (χ0n) is 19.3. The first-order chi connectivity index (χ1) is 15.9. The van der Waals surface area contributed by atoms with E-state index in [1.165, 1.54) is 28.0 Å². The number of hydrogen-bond donors (Lipinski definition) is 1. The summed E-state index contributed by atoms with van der Waals surface area (Å²) in [5.74, 6) is 0.902. The zero-order valence-corrected chi connectivity index (χ0v) is 20.0. The number of amides is 1. The average Bonchev–Trinajstić information content (AvgIpc) is 2.98. The van der Waals surface area contributed by atoms with Crippen LogP contribution in [0.4, 0.5) is 0 Å². The molecule has 0 aliphatic carbocycles. The van der Waals surface area contributed by atoms with Gasteiger partial charge in [0.05, 0.1) is 11.4 Å². The van der Waals surface area contributed by atoms with Crippen molar-refractivity contribution in [2.45, 2.75) is 32.8 Å². The molecule has 33 heavy (non-hydrogen) atoms. The Morgan fingerprint density at radius 1 is 1.18 bits per heavy atom. The first-order valence-electron chi connectivity index (χ1n) is 11.4. The Kier molecular flexibility index (Phi) is 5.81. The molecular weight excluding hydrogens is 436 g/mol. The fraction of sp³-hybridized carbons (Fsp3) is 0.346. The highest BCUT2D eigenvalue weighted by Crippen LogP contribution is 2.41. The maximum absolute atomic E-state index is 11.7. The number of nitrogens with zero attached hydrogens (tertiary/aromatic N) is 3. The summed E-state index contributed by atoms with van der Waals surface area (Å²) >= 11 is 6.23. The number of nitrogens with one attached hydrogen (secondary N) is 1. The highest BCUT2D eigenvalue weighted by atomic mass is 35.5. The molecule has 2 aromatic carbocycles. The molecule has 0 saturated heterocycles. The molecule has 3 aliphatic rings. The van der Waals surface area contributed by atoms with Gasteiger partial charge in [-0.15, -0.1) is 5.12 Å². The van der Waals surface area contributed by atoms with E-state index in [0.717, 1.165) is 37.4 Å². The molecule has 0 saturated carbocycles. The largest absolute Gasteiger partial charge is 0.486 e. The normalized spacial score (nSPS) is 20.6. The number of hydrogen-bond acceptors (Lipinski definition) is 5. The predicted octanol–water partition coefficient (Wildman–Crippen LogP) is 4.85. The van der Waals surface area contributed by atoms with Crippen LogP contribution in [0.2, 0.25) is 5.02 Å². The minimum Gasteiger partial charge on any atom is -0.486 e. The standard InChI is InChI=1S/C26H29ClN4O2/c1-17-26-23-8-7-20(19-9-12-30(13-10-19)18(2)32)15-24(23)25(11-14-31(26)29(3)28-17)33-22-6-4-5-21(27)16-22/h4-9,15-16,25,28H,10-14H2,1-3H3. The Labute approximate surface area is 200 Å². The molecule has 0 fully saturated rings. The lowest BCUT2D eigenvalue weighted by molar-refractivity contribution is -0.128. The van der Waals surface area contributed by atoms with Gasteiger partial charge in [-0.1, -0.05) is 35.9 Å². The van der Waals surface area contributed by atoms with Crippen LogP contribution in [0.1, 0.15) is 49.5 Å². The van der Waals surface area contributed by atoms with Crippen LogP contribution in [0.3, 0.4) is 0 Å². The smallest absolute Gasteiger partial charge is 0.219 e. The van der Waals surface area contributed by atoms with Crippen molar-refractivity contribution in [3.8, 4) is 5.75 Å². The number of rotatable bonds is 3. The molecule has 5 rings (SSSR count).